The number of carbonyl (C=O) groups is 2. The van der Waals surface area contributed by atoms with Crippen LogP contribution >= 0.6 is 0 Å². The maximum absolute atomic E-state index is 12.7. The van der Waals surface area contributed by atoms with Gasteiger partial charge in [0.2, 0.25) is 5.91 Å². The van der Waals surface area contributed by atoms with Crippen molar-refractivity contribution in [1.29, 1.82) is 0 Å². The van der Waals surface area contributed by atoms with E-state index in [-0.39, 0.29) is 17.7 Å². The molecule has 1 saturated heterocycles. The van der Waals surface area contributed by atoms with Crippen LogP contribution in [0.5, 0.6) is 0 Å². The van der Waals surface area contributed by atoms with Crippen LogP contribution in [-0.2, 0) is 9.59 Å². The summed E-state index contributed by atoms with van der Waals surface area (Å²) in [6.07, 6.45) is 2.60. The highest BCUT2D eigenvalue weighted by molar-refractivity contribution is 5.85. The van der Waals surface area contributed by atoms with Crippen molar-refractivity contribution in [3.8, 4) is 0 Å². The summed E-state index contributed by atoms with van der Waals surface area (Å²) in [5, 5.41) is 9.59. The van der Waals surface area contributed by atoms with Crippen LogP contribution in [0.3, 0.4) is 0 Å². The summed E-state index contributed by atoms with van der Waals surface area (Å²) >= 11 is 0. The molecule has 21 heavy (non-hydrogen) atoms. The van der Waals surface area contributed by atoms with Gasteiger partial charge in [-0.15, -0.1) is 0 Å². The molecule has 0 bridgehead atoms. The lowest BCUT2D eigenvalue weighted by Crippen LogP contribution is -2.38. The van der Waals surface area contributed by atoms with Crippen molar-refractivity contribution in [3.05, 3.63) is 35.9 Å². The lowest BCUT2D eigenvalue weighted by Gasteiger charge is -2.25. The summed E-state index contributed by atoms with van der Waals surface area (Å²) in [5.74, 6) is -0.762. The molecule has 0 aromatic heterocycles. The Morgan fingerprint density at radius 3 is 2.67 bits per heavy atom. The van der Waals surface area contributed by atoms with E-state index in [1.54, 1.807) is 4.90 Å². The van der Waals surface area contributed by atoms with Crippen molar-refractivity contribution < 1.29 is 14.7 Å². The smallest absolute Gasteiger partial charge is 0.311 e. The van der Waals surface area contributed by atoms with E-state index in [1.807, 2.05) is 37.3 Å². The van der Waals surface area contributed by atoms with E-state index < -0.39 is 11.4 Å². The zero-order valence-corrected chi connectivity index (χ0v) is 12.3. The summed E-state index contributed by atoms with van der Waals surface area (Å²) in [7, 11) is 0. The highest BCUT2D eigenvalue weighted by Gasteiger charge is 2.56. The van der Waals surface area contributed by atoms with Gasteiger partial charge in [-0.1, -0.05) is 36.8 Å². The van der Waals surface area contributed by atoms with Crippen LogP contribution in [0.25, 0.3) is 0 Å². The first kappa shape index (κ1) is 14.1. The fourth-order valence-corrected chi connectivity index (χ4v) is 3.96. The molecule has 2 fully saturated rings. The highest BCUT2D eigenvalue weighted by atomic mass is 16.4. The molecule has 1 aromatic rings. The number of hydrogen-bond donors (Lipinski definition) is 1. The Balaban J connectivity index is 1.77. The monoisotopic (exact) mass is 287 g/mol. The van der Waals surface area contributed by atoms with Gasteiger partial charge in [-0.2, -0.15) is 0 Å². The molecule has 1 aliphatic carbocycles. The van der Waals surface area contributed by atoms with E-state index in [9.17, 15) is 14.7 Å². The summed E-state index contributed by atoms with van der Waals surface area (Å²) in [4.78, 5) is 26.1. The zero-order chi connectivity index (χ0) is 15.0. The number of amides is 1. The predicted octanol–water partition coefficient (Wildman–Crippen LogP) is 2.50. The molecule has 1 saturated carbocycles. The summed E-state index contributed by atoms with van der Waals surface area (Å²) in [6, 6.07) is 9.69. The second-order valence-corrected chi connectivity index (χ2v) is 6.40. The first-order valence-electron chi connectivity index (χ1n) is 7.62. The fourth-order valence-electron chi connectivity index (χ4n) is 3.96. The van der Waals surface area contributed by atoms with E-state index in [4.69, 9.17) is 0 Å². The second kappa shape index (κ2) is 5.17. The third-order valence-electron chi connectivity index (χ3n) is 5.28. The van der Waals surface area contributed by atoms with Crippen molar-refractivity contribution >= 4 is 11.9 Å². The first-order chi connectivity index (χ1) is 10.0. The molecule has 3 atom stereocenters. The molecule has 112 valence electrons. The van der Waals surface area contributed by atoms with Gasteiger partial charge in [-0.3, -0.25) is 9.59 Å². The largest absolute Gasteiger partial charge is 0.481 e. The number of fused-ring (bicyclic) bond motifs is 1. The molecule has 0 unspecified atom stereocenters. The minimum atomic E-state index is -0.729. The van der Waals surface area contributed by atoms with E-state index in [0.29, 0.717) is 19.5 Å². The molecule has 1 amide bonds. The lowest BCUT2D eigenvalue weighted by atomic mass is 9.81. The summed E-state index contributed by atoms with van der Waals surface area (Å²) in [5.41, 5.74) is 0.301. The number of carboxylic acid groups (broad SMARTS) is 1. The van der Waals surface area contributed by atoms with Crippen LogP contribution in [0.2, 0.25) is 0 Å². The van der Waals surface area contributed by atoms with Gasteiger partial charge in [0, 0.05) is 13.1 Å². The Hall–Kier alpha value is -1.84. The normalized spacial score (nSPS) is 29.2. The Kier molecular flexibility index (Phi) is 3.47. The Morgan fingerprint density at radius 2 is 2.05 bits per heavy atom. The molecule has 1 aromatic carbocycles. The summed E-state index contributed by atoms with van der Waals surface area (Å²) in [6.45, 7) is 2.88. The number of rotatable bonds is 3. The Morgan fingerprint density at radius 1 is 1.33 bits per heavy atom. The Bertz CT molecular complexity index is 556. The maximum atomic E-state index is 12.7. The quantitative estimate of drug-likeness (QED) is 0.929. The summed E-state index contributed by atoms with van der Waals surface area (Å²) < 4.78 is 0. The standard InChI is InChI=1S/C17H21NO3/c1-12(13-6-3-2-4-7-13)15(19)18-10-14-8-5-9-17(14,11-18)16(20)21/h2-4,6-7,12,14H,5,8-11H2,1H3,(H,20,21)/t12-,14-,17+/m0/s1. The molecule has 0 spiro atoms. The van der Waals surface area contributed by atoms with Crippen LogP contribution in [0, 0.1) is 11.3 Å². The second-order valence-electron chi connectivity index (χ2n) is 6.40. The molecular weight excluding hydrogens is 266 g/mol. The number of aliphatic carboxylic acids is 1. The van der Waals surface area contributed by atoms with Crippen molar-refractivity contribution in [2.75, 3.05) is 13.1 Å². The maximum Gasteiger partial charge on any atom is 0.311 e. The van der Waals surface area contributed by atoms with Gasteiger partial charge >= 0.3 is 5.97 Å². The number of nitrogens with zero attached hydrogens (tertiary/aromatic N) is 1. The molecule has 2 aliphatic rings. The van der Waals surface area contributed by atoms with Gasteiger partial charge in [0.15, 0.2) is 0 Å². The average molecular weight is 287 g/mol. The predicted molar refractivity (Wildman–Crippen MR) is 78.8 cm³/mol. The van der Waals surface area contributed by atoms with Crippen LogP contribution in [0.1, 0.15) is 37.7 Å². The Labute approximate surface area is 124 Å². The molecule has 4 nitrogen and oxygen atoms in total. The van der Waals surface area contributed by atoms with Crippen LogP contribution < -0.4 is 0 Å². The molecular formula is C17H21NO3. The number of likely N-dealkylation sites (tertiary alicyclic amines) is 1. The number of carbonyl (C=O) groups excluding carboxylic acids is 1. The molecule has 1 aliphatic heterocycles. The van der Waals surface area contributed by atoms with Crippen molar-refractivity contribution in [2.24, 2.45) is 11.3 Å². The molecule has 0 radical (unpaired) electrons. The molecule has 3 rings (SSSR count). The van der Waals surface area contributed by atoms with Crippen molar-refractivity contribution in [1.82, 2.24) is 4.90 Å². The minimum absolute atomic E-state index is 0.0521. The van der Waals surface area contributed by atoms with Gasteiger partial charge in [0.05, 0.1) is 11.3 Å². The van der Waals surface area contributed by atoms with Gasteiger partial charge < -0.3 is 10.0 Å². The number of benzene rings is 1. The SMILES string of the molecule is C[C@H](C(=O)N1C[C@@H]2CCC[C@@]2(C(=O)O)C1)c1ccccc1. The van der Waals surface area contributed by atoms with E-state index >= 15 is 0 Å². The van der Waals surface area contributed by atoms with E-state index in [0.717, 1.165) is 18.4 Å². The minimum Gasteiger partial charge on any atom is -0.481 e. The zero-order valence-electron chi connectivity index (χ0n) is 12.3. The third-order valence-corrected chi connectivity index (χ3v) is 5.28. The first-order valence-corrected chi connectivity index (χ1v) is 7.62. The third kappa shape index (κ3) is 2.23. The van der Waals surface area contributed by atoms with Crippen LogP contribution in [-0.4, -0.2) is 35.0 Å². The fraction of sp³-hybridized carbons (Fsp3) is 0.529. The van der Waals surface area contributed by atoms with E-state index in [1.165, 1.54) is 0 Å². The van der Waals surface area contributed by atoms with Gasteiger partial charge in [0.1, 0.15) is 0 Å². The van der Waals surface area contributed by atoms with Crippen LogP contribution in [0.15, 0.2) is 30.3 Å². The topological polar surface area (TPSA) is 57.6 Å². The lowest BCUT2D eigenvalue weighted by molar-refractivity contribution is -0.149. The van der Waals surface area contributed by atoms with Gasteiger partial charge in [0.25, 0.3) is 0 Å². The number of hydrogen-bond acceptors (Lipinski definition) is 2. The molecule has 1 N–H and O–H groups in total. The number of carboxylic acids is 1. The average Bonchev–Trinajstić information content (AvgIpc) is 3.04. The van der Waals surface area contributed by atoms with Crippen molar-refractivity contribution in [2.45, 2.75) is 32.1 Å². The van der Waals surface area contributed by atoms with Crippen molar-refractivity contribution in [3.63, 3.8) is 0 Å². The van der Waals surface area contributed by atoms with Gasteiger partial charge in [-0.05, 0) is 31.2 Å². The molecule has 1 heterocycles. The highest BCUT2D eigenvalue weighted by Crippen LogP contribution is 2.49. The van der Waals surface area contributed by atoms with Gasteiger partial charge in [-0.25, -0.2) is 0 Å². The van der Waals surface area contributed by atoms with Crippen LogP contribution in [0.4, 0.5) is 0 Å². The van der Waals surface area contributed by atoms with E-state index in [2.05, 4.69) is 0 Å². The molecule has 4 heteroatoms.